The van der Waals surface area contributed by atoms with Crippen LogP contribution in [0.15, 0.2) is 36.4 Å². The molecule has 0 bridgehead atoms. The van der Waals surface area contributed by atoms with E-state index >= 15 is 0 Å². The van der Waals surface area contributed by atoms with E-state index < -0.39 is 5.97 Å². The highest BCUT2D eigenvalue weighted by Crippen LogP contribution is 2.28. The third-order valence-electron chi connectivity index (χ3n) is 3.41. The molecule has 2 aromatic rings. The van der Waals surface area contributed by atoms with Gasteiger partial charge in [-0.25, -0.2) is 9.18 Å². The standard InChI is InChI=1S/C18H19FO4/c1-12-4-6-15(19)13(10-12)8-9-23-17-11-14(18(20)22-3)5-7-16(17)21-2/h4-7,10-11H,8-9H2,1-3H3. The number of benzene rings is 2. The second-order valence-electron chi connectivity index (χ2n) is 5.05. The van der Waals surface area contributed by atoms with Crippen molar-refractivity contribution in [2.45, 2.75) is 13.3 Å². The van der Waals surface area contributed by atoms with Crippen molar-refractivity contribution in [2.75, 3.05) is 20.8 Å². The van der Waals surface area contributed by atoms with Crippen molar-refractivity contribution in [1.29, 1.82) is 0 Å². The zero-order chi connectivity index (χ0) is 16.8. The molecule has 2 rings (SSSR count). The lowest BCUT2D eigenvalue weighted by molar-refractivity contribution is 0.0600. The number of methoxy groups -OCH3 is 2. The lowest BCUT2D eigenvalue weighted by Crippen LogP contribution is -2.06. The maximum atomic E-state index is 13.7. The van der Waals surface area contributed by atoms with E-state index in [9.17, 15) is 9.18 Å². The maximum Gasteiger partial charge on any atom is 0.337 e. The Morgan fingerprint density at radius 3 is 2.57 bits per heavy atom. The SMILES string of the molecule is COC(=O)c1ccc(OC)c(OCCc2cc(C)ccc2F)c1. The average Bonchev–Trinajstić information content (AvgIpc) is 2.57. The topological polar surface area (TPSA) is 44.8 Å². The van der Waals surface area contributed by atoms with Gasteiger partial charge in [0.1, 0.15) is 5.82 Å². The first-order valence-electron chi connectivity index (χ1n) is 7.19. The number of hydrogen-bond acceptors (Lipinski definition) is 4. The number of carbonyl (C=O) groups is 1. The molecular weight excluding hydrogens is 299 g/mol. The molecule has 0 amide bonds. The molecule has 0 N–H and O–H groups in total. The molecule has 0 fully saturated rings. The molecule has 4 nitrogen and oxygen atoms in total. The molecular formula is C18H19FO4. The minimum absolute atomic E-state index is 0.255. The normalized spacial score (nSPS) is 10.3. The molecule has 23 heavy (non-hydrogen) atoms. The second kappa shape index (κ2) is 7.63. The molecule has 0 aliphatic carbocycles. The van der Waals surface area contributed by atoms with Gasteiger partial charge in [-0.2, -0.15) is 0 Å². The Bertz CT molecular complexity index is 697. The third-order valence-corrected chi connectivity index (χ3v) is 3.41. The predicted octanol–water partition coefficient (Wildman–Crippen LogP) is 3.55. The number of aryl methyl sites for hydroxylation is 1. The molecule has 5 heteroatoms. The second-order valence-corrected chi connectivity index (χ2v) is 5.05. The Hall–Kier alpha value is -2.56. The van der Waals surface area contributed by atoms with Gasteiger partial charge < -0.3 is 14.2 Å². The molecule has 0 aliphatic rings. The molecule has 0 aliphatic heterocycles. The highest BCUT2D eigenvalue weighted by Gasteiger charge is 2.12. The molecule has 0 saturated carbocycles. The molecule has 0 spiro atoms. The molecule has 0 radical (unpaired) electrons. The summed E-state index contributed by atoms with van der Waals surface area (Å²) in [5.74, 6) is 0.211. The minimum Gasteiger partial charge on any atom is -0.493 e. The van der Waals surface area contributed by atoms with Crippen molar-refractivity contribution in [3.05, 3.63) is 58.9 Å². The zero-order valence-corrected chi connectivity index (χ0v) is 13.4. The summed E-state index contributed by atoms with van der Waals surface area (Å²) in [4.78, 5) is 11.6. The van der Waals surface area contributed by atoms with Crippen molar-refractivity contribution in [3.8, 4) is 11.5 Å². The van der Waals surface area contributed by atoms with Gasteiger partial charge in [0, 0.05) is 6.42 Å². The summed E-state index contributed by atoms with van der Waals surface area (Å²) in [6.45, 7) is 2.17. The highest BCUT2D eigenvalue weighted by atomic mass is 19.1. The van der Waals surface area contributed by atoms with Gasteiger partial charge in [-0.05, 0) is 36.8 Å². The maximum absolute atomic E-state index is 13.7. The van der Waals surface area contributed by atoms with Gasteiger partial charge in [0.15, 0.2) is 11.5 Å². The fraction of sp³-hybridized carbons (Fsp3) is 0.278. The molecule has 0 aromatic heterocycles. The summed E-state index contributed by atoms with van der Waals surface area (Å²) in [7, 11) is 2.83. The first kappa shape index (κ1) is 16.8. The van der Waals surface area contributed by atoms with E-state index in [0.29, 0.717) is 29.0 Å². The van der Waals surface area contributed by atoms with Crippen LogP contribution in [0.4, 0.5) is 4.39 Å². The van der Waals surface area contributed by atoms with E-state index in [2.05, 4.69) is 4.74 Å². The lowest BCUT2D eigenvalue weighted by atomic mass is 10.1. The van der Waals surface area contributed by atoms with Crippen molar-refractivity contribution < 1.29 is 23.4 Å². The number of halogens is 1. The summed E-state index contributed by atoms with van der Waals surface area (Å²) in [5.41, 5.74) is 1.95. The van der Waals surface area contributed by atoms with Crippen LogP contribution in [0.2, 0.25) is 0 Å². The van der Waals surface area contributed by atoms with Gasteiger partial charge in [0.25, 0.3) is 0 Å². The van der Waals surface area contributed by atoms with Crippen molar-refractivity contribution in [1.82, 2.24) is 0 Å². The summed E-state index contributed by atoms with van der Waals surface area (Å²) < 4.78 is 29.3. The third kappa shape index (κ3) is 4.22. The van der Waals surface area contributed by atoms with Gasteiger partial charge in [-0.3, -0.25) is 0 Å². The summed E-state index contributed by atoms with van der Waals surface area (Å²) in [5, 5.41) is 0. The van der Waals surface area contributed by atoms with Crippen molar-refractivity contribution in [3.63, 3.8) is 0 Å². The molecule has 0 unspecified atom stereocenters. The fourth-order valence-electron chi connectivity index (χ4n) is 2.20. The van der Waals surface area contributed by atoms with Gasteiger partial charge in [0.05, 0.1) is 26.4 Å². The van der Waals surface area contributed by atoms with Crippen molar-refractivity contribution in [2.24, 2.45) is 0 Å². The Labute approximate surface area is 134 Å². The largest absolute Gasteiger partial charge is 0.493 e. The van der Waals surface area contributed by atoms with Crippen LogP contribution in [0.1, 0.15) is 21.5 Å². The molecule has 122 valence electrons. The van der Waals surface area contributed by atoms with Crippen LogP contribution in [-0.2, 0) is 11.2 Å². The number of esters is 1. The summed E-state index contributed by atoms with van der Waals surface area (Å²) >= 11 is 0. The first-order valence-corrected chi connectivity index (χ1v) is 7.19. The quantitative estimate of drug-likeness (QED) is 0.764. The lowest BCUT2D eigenvalue weighted by Gasteiger charge is -2.12. The summed E-state index contributed by atoms with van der Waals surface area (Å²) in [6, 6.07) is 9.75. The van der Waals surface area contributed by atoms with Crippen LogP contribution in [0.5, 0.6) is 11.5 Å². The number of hydrogen-bond donors (Lipinski definition) is 0. The fourth-order valence-corrected chi connectivity index (χ4v) is 2.20. The van der Waals surface area contributed by atoms with Crippen LogP contribution >= 0.6 is 0 Å². The highest BCUT2D eigenvalue weighted by molar-refractivity contribution is 5.90. The molecule has 0 atom stereocenters. The van der Waals surface area contributed by atoms with Crippen LogP contribution in [0.3, 0.4) is 0 Å². The number of rotatable bonds is 6. The van der Waals surface area contributed by atoms with E-state index in [1.165, 1.54) is 20.3 Å². The average molecular weight is 318 g/mol. The zero-order valence-electron chi connectivity index (χ0n) is 13.4. The van der Waals surface area contributed by atoms with Gasteiger partial charge >= 0.3 is 5.97 Å². The van der Waals surface area contributed by atoms with E-state index in [0.717, 1.165) is 5.56 Å². The van der Waals surface area contributed by atoms with Gasteiger partial charge in [-0.1, -0.05) is 17.7 Å². The Kier molecular flexibility index (Phi) is 5.57. The first-order chi connectivity index (χ1) is 11.0. The Morgan fingerprint density at radius 2 is 1.87 bits per heavy atom. The van der Waals surface area contributed by atoms with E-state index in [1.807, 2.05) is 6.92 Å². The van der Waals surface area contributed by atoms with Gasteiger partial charge in [-0.15, -0.1) is 0 Å². The number of ether oxygens (including phenoxy) is 3. The molecule has 2 aromatic carbocycles. The van der Waals surface area contributed by atoms with Crippen LogP contribution in [-0.4, -0.2) is 26.8 Å². The molecule has 0 heterocycles. The smallest absolute Gasteiger partial charge is 0.337 e. The molecule has 0 saturated heterocycles. The van der Waals surface area contributed by atoms with Crippen LogP contribution in [0.25, 0.3) is 0 Å². The Morgan fingerprint density at radius 1 is 1.09 bits per heavy atom. The van der Waals surface area contributed by atoms with E-state index in [-0.39, 0.29) is 12.4 Å². The van der Waals surface area contributed by atoms with Crippen LogP contribution < -0.4 is 9.47 Å². The van der Waals surface area contributed by atoms with Crippen LogP contribution in [0, 0.1) is 12.7 Å². The summed E-state index contributed by atoms with van der Waals surface area (Å²) in [6.07, 6.45) is 0.416. The number of carbonyl (C=O) groups excluding carboxylic acids is 1. The van der Waals surface area contributed by atoms with E-state index in [1.54, 1.807) is 30.3 Å². The monoisotopic (exact) mass is 318 g/mol. The Balaban J connectivity index is 2.09. The van der Waals surface area contributed by atoms with E-state index in [4.69, 9.17) is 9.47 Å². The minimum atomic E-state index is -0.456. The predicted molar refractivity (Wildman–Crippen MR) is 84.7 cm³/mol. The van der Waals surface area contributed by atoms with Gasteiger partial charge in [0.2, 0.25) is 0 Å². The van der Waals surface area contributed by atoms with Crippen molar-refractivity contribution >= 4 is 5.97 Å².